The van der Waals surface area contributed by atoms with Crippen LogP contribution >= 0.6 is 22.6 Å². The first-order valence-corrected chi connectivity index (χ1v) is 9.28. The Bertz CT molecular complexity index is 967. The van der Waals surface area contributed by atoms with E-state index in [1.165, 1.54) is 18.7 Å². The molecule has 0 saturated heterocycles. The smallest absolute Gasteiger partial charge is 0.332 e. The van der Waals surface area contributed by atoms with Crippen LogP contribution in [0, 0.1) is 3.57 Å². The van der Waals surface area contributed by atoms with E-state index in [1.807, 2.05) is 19.1 Å². The standard InChI is InChI=1S/C17H21IN4O5/c1-4-10-9-11(5-6-12(10)18)19-14-13(15(24)20-27-8-7-23)16(25)22(3)17(26)21(14)2/h5-6,9,19,23H,4,7-8H2,1-3H3,(H,20,24). The molecule has 1 amide bonds. The summed E-state index contributed by atoms with van der Waals surface area (Å²) in [6.45, 7) is 1.60. The van der Waals surface area contributed by atoms with E-state index in [2.05, 4.69) is 33.4 Å². The van der Waals surface area contributed by atoms with Crippen LogP contribution in [0.2, 0.25) is 0 Å². The van der Waals surface area contributed by atoms with Crippen molar-refractivity contribution in [2.45, 2.75) is 13.3 Å². The third-order valence-electron chi connectivity index (χ3n) is 3.94. The molecule has 0 aliphatic rings. The number of rotatable bonds is 7. The fourth-order valence-corrected chi connectivity index (χ4v) is 3.19. The van der Waals surface area contributed by atoms with Gasteiger partial charge in [0.05, 0.1) is 13.2 Å². The van der Waals surface area contributed by atoms with Gasteiger partial charge in [-0.2, -0.15) is 0 Å². The number of aliphatic hydroxyl groups excluding tert-OH is 1. The molecule has 0 spiro atoms. The molecular formula is C17H21IN4O5. The predicted molar refractivity (Wildman–Crippen MR) is 109 cm³/mol. The summed E-state index contributed by atoms with van der Waals surface area (Å²) in [5, 5.41) is 11.8. The number of carbonyl (C=O) groups excluding carboxylic acids is 1. The van der Waals surface area contributed by atoms with E-state index in [0.717, 1.165) is 20.1 Å². The molecule has 1 heterocycles. The molecule has 146 valence electrons. The number of carbonyl (C=O) groups is 1. The first-order valence-electron chi connectivity index (χ1n) is 8.20. The molecule has 0 unspecified atom stereocenters. The van der Waals surface area contributed by atoms with E-state index in [9.17, 15) is 14.4 Å². The van der Waals surface area contributed by atoms with Crippen LogP contribution in [0.15, 0.2) is 27.8 Å². The monoisotopic (exact) mass is 488 g/mol. The van der Waals surface area contributed by atoms with Gasteiger partial charge < -0.3 is 10.4 Å². The van der Waals surface area contributed by atoms with Gasteiger partial charge in [-0.15, -0.1) is 0 Å². The lowest BCUT2D eigenvalue weighted by Crippen LogP contribution is -2.43. The highest BCUT2D eigenvalue weighted by atomic mass is 127. The van der Waals surface area contributed by atoms with Crippen molar-refractivity contribution in [2.75, 3.05) is 18.5 Å². The van der Waals surface area contributed by atoms with Gasteiger partial charge in [-0.25, -0.2) is 10.3 Å². The number of hydroxylamine groups is 1. The SMILES string of the molecule is CCc1cc(Nc2c(C(=O)NOCCO)c(=O)n(C)c(=O)n2C)ccc1I. The van der Waals surface area contributed by atoms with Gasteiger partial charge in [0.1, 0.15) is 11.4 Å². The number of aliphatic hydroxyl groups is 1. The molecule has 10 heteroatoms. The van der Waals surface area contributed by atoms with Gasteiger partial charge in [0.25, 0.3) is 11.5 Å². The molecular weight excluding hydrogens is 467 g/mol. The average molecular weight is 488 g/mol. The number of benzene rings is 1. The molecule has 0 bridgehead atoms. The van der Waals surface area contributed by atoms with Crippen molar-refractivity contribution in [2.24, 2.45) is 14.1 Å². The van der Waals surface area contributed by atoms with E-state index in [4.69, 9.17) is 9.94 Å². The Hall–Kier alpha value is -2.18. The number of halogens is 1. The lowest BCUT2D eigenvalue weighted by molar-refractivity contribution is 0.0167. The fourth-order valence-electron chi connectivity index (χ4n) is 2.47. The van der Waals surface area contributed by atoms with Crippen LogP contribution in [0.25, 0.3) is 0 Å². The molecule has 0 fully saturated rings. The van der Waals surface area contributed by atoms with Crippen molar-refractivity contribution in [1.82, 2.24) is 14.6 Å². The zero-order chi connectivity index (χ0) is 20.1. The number of hydrogen-bond acceptors (Lipinski definition) is 6. The summed E-state index contributed by atoms with van der Waals surface area (Å²) in [6.07, 6.45) is 0.811. The Kier molecular flexibility index (Phi) is 7.16. The second-order valence-electron chi connectivity index (χ2n) is 5.72. The molecule has 0 saturated carbocycles. The number of nitrogens with one attached hydrogen (secondary N) is 2. The van der Waals surface area contributed by atoms with Crippen LogP contribution < -0.4 is 22.0 Å². The highest BCUT2D eigenvalue weighted by molar-refractivity contribution is 14.1. The largest absolute Gasteiger partial charge is 0.394 e. The molecule has 27 heavy (non-hydrogen) atoms. The van der Waals surface area contributed by atoms with Gasteiger partial charge in [-0.05, 0) is 52.8 Å². The lowest BCUT2D eigenvalue weighted by Gasteiger charge is -2.17. The summed E-state index contributed by atoms with van der Waals surface area (Å²) in [5.74, 6) is -0.764. The predicted octanol–water partition coefficient (Wildman–Crippen LogP) is 0.648. The average Bonchev–Trinajstić information content (AvgIpc) is 2.66. The normalized spacial score (nSPS) is 10.7. The van der Waals surface area contributed by atoms with Crippen molar-refractivity contribution in [3.8, 4) is 0 Å². The molecule has 2 aromatic rings. The minimum Gasteiger partial charge on any atom is -0.394 e. The number of aromatic nitrogens is 2. The van der Waals surface area contributed by atoms with Crippen LogP contribution in [0.4, 0.5) is 11.5 Å². The van der Waals surface area contributed by atoms with Gasteiger partial charge in [0, 0.05) is 23.4 Å². The number of anilines is 2. The number of amides is 1. The summed E-state index contributed by atoms with van der Waals surface area (Å²) in [4.78, 5) is 42.1. The van der Waals surface area contributed by atoms with Crippen molar-refractivity contribution in [3.05, 3.63) is 53.7 Å². The zero-order valence-electron chi connectivity index (χ0n) is 15.2. The van der Waals surface area contributed by atoms with Crippen LogP contribution in [0.5, 0.6) is 0 Å². The summed E-state index contributed by atoms with van der Waals surface area (Å²) < 4.78 is 3.12. The molecule has 1 aromatic carbocycles. The topological polar surface area (TPSA) is 115 Å². The Morgan fingerprint density at radius 1 is 1.26 bits per heavy atom. The summed E-state index contributed by atoms with van der Waals surface area (Å²) >= 11 is 2.23. The van der Waals surface area contributed by atoms with Gasteiger partial charge in [-0.1, -0.05) is 6.92 Å². The summed E-state index contributed by atoms with van der Waals surface area (Å²) in [6, 6.07) is 5.60. The number of nitrogens with zero attached hydrogens (tertiary/aromatic N) is 2. The highest BCUT2D eigenvalue weighted by Gasteiger charge is 2.22. The van der Waals surface area contributed by atoms with E-state index in [0.29, 0.717) is 5.69 Å². The van der Waals surface area contributed by atoms with E-state index < -0.39 is 17.2 Å². The first-order chi connectivity index (χ1) is 12.8. The van der Waals surface area contributed by atoms with Crippen molar-refractivity contribution < 1.29 is 14.7 Å². The van der Waals surface area contributed by atoms with Crippen molar-refractivity contribution in [1.29, 1.82) is 0 Å². The molecule has 0 aliphatic carbocycles. The highest BCUT2D eigenvalue weighted by Crippen LogP contribution is 2.22. The van der Waals surface area contributed by atoms with E-state index >= 15 is 0 Å². The Morgan fingerprint density at radius 3 is 2.59 bits per heavy atom. The molecule has 2 rings (SSSR count). The Morgan fingerprint density at radius 2 is 1.96 bits per heavy atom. The summed E-state index contributed by atoms with van der Waals surface area (Å²) in [5.41, 5.74) is 2.23. The Balaban J connectivity index is 2.55. The Labute approximate surface area is 169 Å². The minimum atomic E-state index is -0.816. The minimum absolute atomic E-state index is 0.0523. The lowest BCUT2D eigenvalue weighted by atomic mass is 10.1. The maximum Gasteiger partial charge on any atom is 0.332 e. The second kappa shape index (κ2) is 9.15. The third-order valence-corrected chi connectivity index (χ3v) is 4.99. The van der Waals surface area contributed by atoms with Crippen molar-refractivity contribution >= 4 is 40.0 Å². The van der Waals surface area contributed by atoms with Crippen molar-refractivity contribution in [3.63, 3.8) is 0 Å². The molecule has 0 radical (unpaired) electrons. The summed E-state index contributed by atoms with van der Waals surface area (Å²) in [7, 11) is 2.75. The zero-order valence-corrected chi connectivity index (χ0v) is 17.4. The van der Waals surface area contributed by atoms with Crippen LogP contribution in [-0.2, 0) is 25.4 Å². The quantitative estimate of drug-likeness (QED) is 0.300. The maximum absolute atomic E-state index is 12.5. The van der Waals surface area contributed by atoms with E-state index in [1.54, 1.807) is 6.07 Å². The second-order valence-corrected chi connectivity index (χ2v) is 6.88. The molecule has 0 atom stereocenters. The first kappa shape index (κ1) is 21.1. The molecule has 9 nitrogen and oxygen atoms in total. The molecule has 1 aromatic heterocycles. The van der Waals surface area contributed by atoms with Gasteiger partial charge in [0.15, 0.2) is 0 Å². The molecule has 0 aliphatic heterocycles. The van der Waals surface area contributed by atoms with Gasteiger partial charge >= 0.3 is 5.69 Å². The number of aryl methyl sites for hydroxylation is 1. The fraction of sp³-hybridized carbons (Fsp3) is 0.353. The van der Waals surface area contributed by atoms with Crippen LogP contribution in [0.1, 0.15) is 22.8 Å². The maximum atomic E-state index is 12.5. The van der Waals surface area contributed by atoms with Crippen LogP contribution in [-0.4, -0.2) is 33.4 Å². The molecule has 3 N–H and O–H groups in total. The third kappa shape index (κ3) is 4.57. The van der Waals surface area contributed by atoms with Gasteiger partial charge in [-0.3, -0.25) is 23.6 Å². The van der Waals surface area contributed by atoms with E-state index in [-0.39, 0.29) is 24.6 Å². The van der Waals surface area contributed by atoms with Gasteiger partial charge in [0.2, 0.25) is 0 Å². The van der Waals surface area contributed by atoms with Crippen LogP contribution in [0.3, 0.4) is 0 Å². The number of hydrogen-bond donors (Lipinski definition) is 3.